The summed E-state index contributed by atoms with van der Waals surface area (Å²) in [7, 11) is 4.40. The van der Waals surface area contributed by atoms with Crippen molar-refractivity contribution in [1.82, 2.24) is 0 Å². The molecule has 96 valence electrons. The van der Waals surface area contributed by atoms with E-state index in [1.54, 1.807) is 0 Å². The number of hydrogen-bond donors (Lipinski definition) is 0. The average Bonchev–Trinajstić information content (AvgIpc) is 2.64. The number of carbonyl (C=O) groups is 1. The summed E-state index contributed by atoms with van der Waals surface area (Å²) < 4.78 is 20.4. The molecule has 0 aromatic heterocycles. The van der Waals surface area contributed by atoms with Gasteiger partial charge in [0.25, 0.3) is 0 Å². The Hall–Kier alpha value is -1.34. The van der Waals surface area contributed by atoms with Crippen LogP contribution in [0.4, 0.5) is 0 Å². The van der Waals surface area contributed by atoms with E-state index in [1.807, 2.05) is 0 Å². The van der Waals surface area contributed by atoms with Crippen LogP contribution in [0.5, 0.6) is 0 Å². The molecule has 0 aliphatic carbocycles. The zero-order valence-electron chi connectivity index (χ0n) is 9.90. The molecule has 0 N–H and O–H groups in total. The maximum absolute atomic E-state index is 11.5. The zero-order valence-corrected chi connectivity index (χ0v) is 9.90. The van der Waals surface area contributed by atoms with Crippen molar-refractivity contribution in [2.24, 2.45) is 5.11 Å². The number of esters is 1. The van der Waals surface area contributed by atoms with Crippen LogP contribution in [0, 0.1) is 0 Å². The molecule has 1 aliphatic heterocycles. The first-order valence-corrected chi connectivity index (χ1v) is 4.98. The van der Waals surface area contributed by atoms with Gasteiger partial charge in [-0.25, -0.2) is 0 Å². The Labute approximate surface area is 98.4 Å². The van der Waals surface area contributed by atoms with Crippen molar-refractivity contribution >= 4 is 5.97 Å². The summed E-state index contributed by atoms with van der Waals surface area (Å²) >= 11 is 0. The number of ether oxygens (including phenoxy) is 4. The van der Waals surface area contributed by atoms with Gasteiger partial charge in [0.15, 0.2) is 12.1 Å². The fourth-order valence-electron chi connectivity index (χ4n) is 1.76. The Morgan fingerprint density at radius 3 is 2.71 bits per heavy atom. The maximum atomic E-state index is 11.5. The highest BCUT2D eigenvalue weighted by Crippen LogP contribution is 2.25. The van der Waals surface area contributed by atoms with E-state index >= 15 is 0 Å². The molecule has 1 heterocycles. The lowest BCUT2D eigenvalue weighted by atomic mass is 10.1. The minimum Gasteiger partial charge on any atom is -0.456 e. The number of azide groups is 1. The van der Waals surface area contributed by atoms with Crippen LogP contribution in [0.15, 0.2) is 5.11 Å². The van der Waals surface area contributed by atoms with Crippen molar-refractivity contribution in [3.8, 4) is 0 Å². The van der Waals surface area contributed by atoms with Gasteiger partial charge in [-0.1, -0.05) is 5.11 Å². The van der Waals surface area contributed by atoms with Crippen LogP contribution in [-0.2, 0) is 23.7 Å². The van der Waals surface area contributed by atoms with Crippen molar-refractivity contribution < 1.29 is 23.7 Å². The van der Waals surface area contributed by atoms with Crippen LogP contribution in [0.25, 0.3) is 10.4 Å². The molecule has 0 radical (unpaired) electrons. The van der Waals surface area contributed by atoms with Gasteiger partial charge in [-0.2, -0.15) is 0 Å². The fraction of sp³-hybridized carbons (Fsp3) is 0.889. The highest BCUT2D eigenvalue weighted by molar-refractivity contribution is 5.79. The van der Waals surface area contributed by atoms with E-state index < -0.39 is 30.3 Å². The van der Waals surface area contributed by atoms with Crippen LogP contribution in [-0.4, -0.2) is 58.3 Å². The number of carbonyl (C=O) groups excluding carboxylic acids is 1. The van der Waals surface area contributed by atoms with Crippen molar-refractivity contribution in [2.75, 3.05) is 27.9 Å². The number of cyclic esters (lactones) is 1. The molecular weight excluding hydrogens is 230 g/mol. The first-order chi connectivity index (χ1) is 8.19. The highest BCUT2D eigenvalue weighted by Gasteiger charge is 2.48. The first kappa shape index (κ1) is 13.7. The Kier molecular flexibility index (Phi) is 5.17. The van der Waals surface area contributed by atoms with Gasteiger partial charge in [-0.3, -0.25) is 4.79 Å². The molecule has 8 heteroatoms. The Morgan fingerprint density at radius 2 is 2.24 bits per heavy atom. The first-order valence-electron chi connectivity index (χ1n) is 4.98. The van der Waals surface area contributed by atoms with Crippen molar-refractivity contribution in [1.29, 1.82) is 0 Å². The molecule has 0 aromatic rings. The van der Waals surface area contributed by atoms with Gasteiger partial charge in [0.1, 0.15) is 12.2 Å². The van der Waals surface area contributed by atoms with Crippen LogP contribution >= 0.6 is 0 Å². The van der Waals surface area contributed by atoms with Gasteiger partial charge >= 0.3 is 5.97 Å². The predicted octanol–water partition coefficient (Wildman–Crippen LogP) is 0.267. The van der Waals surface area contributed by atoms with Crippen molar-refractivity contribution in [2.45, 2.75) is 24.4 Å². The van der Waals surface area contributed by atoms with Crippen LogP contribution in [0.3, 0.4) is 0 Å². The standard InChI is InChI=1S/C9H15N3O5/c1-14-4-5(15-2)7-8(16-3)6(11-12-10)9(13)17-7/h5-8H,4H2,1-3H3/t5-,6+,7-,8-/m1/s1. The summed E-state index contributed by atoms with van der Waals surface area (Å²) in [4.78, 5) is 14.1. The monoisotopic (exact) mass is 245 g/mol. The number of methoxy groups -OCH3 is 3. The van der Waals surface area contributed by atoms with Gasteiger partial charge in [0.05, 0.1) is 6.61 Å². The molecule has 1 rings (SSSR count). The molecule has 0 aromatic carbocycles. The van der Waals surface area contributed by atoms with Gasteiger partial charge in [-0.05, 0) is 5.53 Å². The number of nitrogens with zero attached hydrogens (tertiary/aromatic N) is 3. The van der Waals surface area contributed by atoms with Crippen molar-refractivity contribution in [3.63, 3.8) is 0 Å². The molecule has 4 atom stereocenters. The molecule has 1 aliphatic rings. The molecule has 8 nitrogen and oxygen atoms in total. The van der Waals surface area contributed by atoms with Gasteiger partial charge in [-0.15, -0.1) is 0 Å². The average molecular weight is 245 g/mol. The highest BCUT2D eigenvalue weighted by atomic mass is 16.6. The van der Waals surface area contributed by atoms with E-state index in [1.165, 1.54) is 21.3 Å². The fourth-order valence-corrected chi connectivity index (χ4v) is 1.76. The van der Waals surface area contributed by atoms with E-state index in [0.717, 1.165) is 0 Å². The molecule has 17 heavy (non-hydrogen) atoms. The summed E-state index contributed by atoms with van der Waals surface area (Å²) in [5.74, 6) is -0.613. The molecule has 0 saturated carbocycles. The lowest BCUT2D eigenvalue weighted by Gasteiger charge is -2.24. The minimum atomic E-state index is -0.982. The van der Waals surface area contributed by atoms with Crippen molar-refractivity contribution in [3.05, 3.63) is 10.4 Å². The van der Waals surface area contributed by atoms with Gasteiger partial charge in [0, 0.05) is 26.2 Å². The van der Waals surface area contributed by atoms with E-state index in [-0.39, 0.29) is 6.61 Å². The van der Waals surface area contributed by atoms with Crippen LogP contribution in [0.1, 0.15) is 0 Å². The summed E-state index contributed by atoms with van der Waals surface area (Å²) in [6.07, 6.45) is -1.78. The smallest absolute Gasteiger partial charge is 0.318 e. The largest absolute Gasteiger partial charge is 0.456 e. The number of rotatable bonds is 6. The number of hydrogen-bond acceptors (Lipinski definition) is 6. The third-order valence-corrected chi connectivity index (χ3v) is 2.58. The summed E-state index contributed by atoms with van der Waals surface area (Å²) in [5.41, 5.74) is 8.38. The molecule has 0 amide bonds. The summed E-state index contributed by atoms with van der Waals surface area (Å²) in [5, 5.41) is 3.37. The minimum absolute atomic E-state index is 0.247. The van der Waals surface area contributed by atoms with Gasteiger partial charge in [0.2, 0.25) is 0 Å². The summed E-state index contributed by atoms with van der Waals surface area (Å²) in [6, 6.07) is -0.982. The normalized spacial score (nSPS) is 29.6. The molecule has 1 saturated heterocycles. The predicted molar refractivity (Wildman–Crippen MR) is 56.3 cm³/mol. The van der Waals surface area contributed by atoms with Crippen LogP contribution < -0.4 is 0 Å². The van der Waals surface area contributed by atoms with E-state index in [2.05, 4.69) is 10.0 Å². The third-order valence-electron chi connectivity index (χ3n) is 2.58. The second kappa shape index (κ2) is 6.41. The van der Waals surface area contributed by atoms with E-state index in [9.17, 15) is 4.79 Å². The molecule has 0 spiro atoms. The Morgan fingerprint density at radius 1 is 1.53 bits per heavy atom. The topological polar surface area (TPSA) is 103 Å². The quantitative estimate of drug-likeness (QED) is 0.289. The second-order valence-electron chi connectivity index (χ2n) is 3.48. The lowest BCUT2D eigenvalue weighted by Crippen LogP contribution is -2.42. The lowest BCUT2D eigenvalue weighted by molar-refractivity contribution is -0.151. The summed E-state index contributed by atoms with van der Waals surface area (Å²) in [6.45, 7) is 0.247. The zero-order chi connectivity index (χ0) is 12.8. The Balaban J connectivity index is 2.86. The third kappa shape index (κ3) is 2.86. The maximum Gasteiger partial charge on any atom is 0.318 e. The molecule has 0 unspecified atom stereocenters. The molecular formula is C9H15N3O5. The molecule has 1 fully saturated rings. The van der Waals surface area contributed by atoms with E-state index in [0.29, 0.717) is 0 Å². The SMILES string of the molecule is COC[C@@H](OC)[C@H]1OC(=O)[C@@H](N=[N+]=[N-])[C@H]1OC. The molecule has 0 bridgehead atoms. The van der Waals surface area contributed by atoms with Crippen LogP contribution in [0.2, 0.25) is 0 Å². The Bertz CT molecular complexity index is 318. The second-order valence-corrected chi connectivity index (χ2v) is 3.48. The van der Waals surface area contributed by atoms with E-state index in [4.69, 9.17) is 24.5 Å². The van der Waals surface area contributed by atoms with Gasteiger partial charge < -0.3 is 18.9 Å².